The van der Waals surface area contributed by atoms with Gasteiger partial charge in [-0.3, -0.25) is 0 Å². The molecule has 2 heteroatoms. The minimum atomic E-state index is -0.0460. The van der Waals surface area contributed by atoms with Crippen molar-refractivity contribution in [2.45, 2.75) is 51.6 Å². The molecule has 1 unspecified atom stereocenters. The molecule has 0 aromatic carbocycles. The Hall–Kier alpha value is 0.440. The van der Waals surface area contributed by atoms with Gasteiger partial charge in [-0.2, -0.15) is 0 Å². The number of hydrogen-bond acceptors (Lipinski definition) is 1. The molecule has 0 saturated heterocycles. The molecule has 1 nitrogen and oxygen atoms in total. The molecule has 0 aromatic rings. The van der Waals surface area contributed by atoms with Crippen LogP contribution in [0.2, 0.25) is 0 Å². The lowest BCUT2D eigenvalue weighted by Gasteiger charge is -2.07. The molecule has 1 N–H and O–H groups in total. The first-order chi connectivity index (χ1) is 5.31. The second-order valence-electron chi connectivity index (χ2n) is 2.98. The summed E-state index contributed by atoms with van der Waals surface area (Å²) in [6.07, 6.45) is 6.65. The summed E-state index contributed by atoms with van der Waals surface area (Å²) in [5, 5.41) is 10.4. The van der Waals surface area contributed by atoms with Crippen LogP contribution in [-0.4, -0.2) is 16.5 Å². The van der Waals surface area contributed by atoms with Crippen molar-refractivity contribution in [2.75, 3.05) is 5.33 Å². The van der Waals surface area contributed by atoms with Gasteiger partial charge >= 0.3 is 0 Å². The molecule has 0 aromatic heterocycles. The van der Waals surface area contributed by atoms with E-state index >= 15 is 0 Å². The van der Waals surface area contributed by atoms with Crippen LogP contribution in [0.3, 0.4) is 0 Å². The largest absolute Gasteiger partial charge is 0.393 e. The van der Waals surface area contributed by atoms with E-state index in [0.29, 0.717) is 0 Å². The van der Waals surface area contributed by atoms with Gasteiger partial charge in [0.15, 0.2) is 0 Å². The monoisotopic (exact) mass is 222 g/mol. The summed E-state index contributed by atoms with van der Waals surface area (Å²) in [7, 11) is 0. The standard InChI is InChI=1S/C9H19BrO/c1-2-6-9(11)7-4-3-5-8-10/h9,11H,2-8H2,1H3. The molecule has 0 fully saturated rings. The average molecular weight is 223 g/mol. The van der Waals surface area contributed by atoms with Crippen molar-refractivity contribution in [3.8, 4) is 0 Å². The fourth-order valence-electron chi connectivity index (χ4n) is 1.13. The van der Waals surface area contributed by atoms with E-state index in [-0.39, 0.29) is 6.10 Å². The van der Waals surface area contributed by atoms with Crippen LogP contribution in [0.4, 0.5) is 0 Å². The van der Waals surface area contributed by atoms with Crippen molar-refractivity contribution in [3.63, 3.8) is 0 Å². The maximum atomic E-state index is 9.34. The zero-order chi connectivity index (χ0) is 8.53. The summed E-state index contributed by atoms with van der Waals surface area (Å²) in [6.45, 7) is 2.11. The number of alkyl halides is 1. The lowest BCUT2D eigenvalue weighted by Crippen LogP contribution is -2.04. The van der Waals surface area contributed by atoms with Crippen LogP contribution < -0.4 is 0 Å². The Kier molecular flexibility index (Phi) is 8.88. The van der Waals surface area contributed by atoms with Crippen LogP contribution >= 0.6 is 15.9 Å². The van der Waals surface area contributed by atoms with Crippen LogP contribution in [0.1, 0.15) is 45.4 Å². The molecule has 68 valence electrons. The summed E-state index contributed by atoms with van der Waals surface area (Å²) < 4.78 is 0. The summed E-state index contributed by atoms with van der Waals surface area (Å²) in [4.78, 5) is 0. The molecule has 0 heterocycles. The molecule has 0 spiro atoms. The first-order valence-electron chi connectivity index (χ1n) is 4.55. The van der Waals surface area contributed by atoms with E-state index in [4.69, 9.17) is 0 Å². The smallest absolute Gasteiger partial charge is 0.0540 e. The van der Waals surface area contributed by atoms with Crippen molar-refractivity contribution in [2.24, 2.45) is 0 Å². The molecule has 0 aliphatic rings. The highest BCUT2D eigenvalue weighted by atomic mass is 79.9. The van der Waals surface area contributed by atoms with Crippen LogP contribution in [0, 0.1) is 0 Å². The molecular formula is C9H19BrO. The maximum absolute atomic E-state index is 9.34. The molecule has 0 aliphatic carbocycles. The number of unbranched alkanes of at least 4 members (excludes halogenated alkanes) is 2. The highest BCUT2D eigenvalue weighted by Gasteiger charge is 2.00. The van der Waals surface area contributed by atoms with Crippen LogP contribution in [0.5, 0.6) is 0 Å². The van der Waals surface area contributed by atoms with Gasteiger partial charge in [0.05, 0.1) is 6.10 Å². The van der Waals surface area contributed by atoms with Crippen molar-refractivity contribution < 1.29 is 5.11 Å². The summed E-state index contributed by atoms with van der Waals surface area (Å²) in [5.74, 6) is 0. The Morgan fingerprint density at radius 3 is 2.45 bits per heavy atom. The van der Waals surface area contributed by atoms with Crippen molar-refractivity contribution in [3.05, 3.63) is 0 Å². The van der Waals surface area contributed by atoms with E-state index < -0.39 is 0 Å². The number of aliphatic hydroxyl groups is 1. The van der Waals surface area contributed by atoms with Crippen molar-refractivity contribution >= 4 is 15.9 Å². The zero-order valence-corrected chi connectivity index (χ0v) is 8.94. The fourth-order valence-corrected chi connectivity index (χ4v) is 1.53. The third-order valence-corrected chi connectivity index (χ3v) is 2.35. The van der Waals surface area contributed by atoms with Gasteiger partial charge in [0, 0.05) is 5.33 Å². The predicted molar refractivity (Wildman–Crippen MR) is 53.2 cm³/mol. The summed E-state index contributed by atoms with van der Waals surface area (Å²) >= 11 is 3.38. The van der Waals surface area contributed by atoms with E-state index in [1.165, 1.54) is 19.3 Å². The van der Waals surface area contributed by atoms with Gasteiger partial charge < -0.3 is 5.11 Å². The van der Waals surface area contributed by atoms with Crippen LogP contribution in [0.15, 0.2) is 0 Å². The van der Waals surface area contributed by atoms with Gasteiger partial charge in [0.2, 0.25) is 0 Å². The van der Waals surface area contributed by atoms with E-state index in [0.717, 1.165) is 24.6 Å². The number of rotatable bonds is 7. The highest BCUT2D eigenvalue weighted by Crippen LogP contribution is 2.08. The third-order valence-electron chi connectivity index (χ3n) is 1.79. The van der Waals surface area contributed by atoms with Crippen LogP contribution in [-0.2, 0) is 0 Å². The minimum absolute atomic E-state index is 0.0460. The molecular weight excluding hydrogens is 204 g/mol. The van der Waals surface area contributed by atoms with E-state index in [1.807, 2.05) is 0 Å². The third kappa shape index (κ3) is 8.35. The van der Waals surface area contributed by atoms with Gasteiger partial charge in [-0.05, 0) is 19.3 Å². The van der Waals surface area contributed by atoms with E-state index in [1.54, 1.807) is 0 Å². The molecule has 0 rings (SSSR count). The molecule has 1 atom stereocenters. The van der Waals surface area contributed by atoms with Crippen molar-refractivity contribution in [1.29, 1.82) is 0 Å². The zero-order valence-electron chi connectivity index (χ0n) is 7.35. The molecule has 0 aliphatic heterocycles. The second-order valence-corrected chi connectivity index (χ2v) is 3.77. The second kappa shape index (κ2) is 8.54. The van der Waals surface area contributed by atoms with E-state index in [9.17, 15) is 5.11 Å². The topological polar surface area (TPSA) is 20.2 Å². The van der Waals surface area contributed by atoms with Crippen LogP contribution in [0.25, 0.3) is 0 Å². The number of hydrogen-bond donors (Lipinski definition) is 1. The van der Waals surface area contributed by atoms with E-state index in [2.05, 4.69) is 22.9 Å². The highest BCUT2D eigenvalue weighted by molar-refractivity contribution is 9.09. The Labute approximate surface area is 78.3 Å². The lowest BCUT2D eigenvalue weighted by molar-refractivity contribution is 0.150. The lowest BCUT2D eigenvalue weighted by atomic mass is 10.1. The number of aliphatic hydroxyl groups excluding tert-OH is 1. The van der Waals surface area contributed by atoms with Gasteiger partial charge in [0.25, 0.3) is 0 Å². The first-order valence-corrected chi connectivity index (χ1v) is 5.67. The van der Waals surface area contributed by atoms with Gasteiger partial charge in [0.1, 0.15) is 0 Å². The SMILES string of the molecule is CCCC(O)CCCCCBr. The Morgan fingerprint density at radius 2 is 1.91 bits per heavy atom. The number of halogens is 1. The quantitative estimate of drug-likeness (QED) is 0.519. The average Bonchev–Trinajstić information content (AvgIpc) is 1.99. The molecule has 0 saturated carbocycles. The Morgan fingerprint density at radius 1 is 1.18 bits per heavy atom. The Bertz CT molecular complexity index is 76.0. The van der Waals surface area contributed by atoms with Gasteiger partial charge in [-0.25, -0.2) is 0 Å². The normalized spacial score (nSPS) is 13.4. The predicted octanol–water partition coefficient (Wildman–Crippen LogP) is 3.10. The molecule has 11 heavy (non-hydrogen) atoms. The Balaban J connectivity index is 2.97. The fraction of sp³-hybridized carbons (Fsp3) is 1.00. The van der Waals surface area contributed by atoms with Gasteiger partial charge in [-0.1, -0.05) is 42.1 Å². The maximum Gasteiger partial charge on any atom is 0.0540 e. The van der Waals surface area contributed by atoms with Gasteiger partial charge in [-0.15, -0.1) is 0 Å². The van der Waals surface area contributed by atoms with Crippen molar-refractivity contribution in [1.82, 2.24) is 0 Å². The first kappa shape index (κ1) is 11.4. The summed E-state index contributed by atoms with van der Waals surface area (Å²) in [6, 6.07) is 0. The molecule has 0 amide bonds. The molecule has 0 bridgehead atoms. The minimum Gasteiger partial charge on any atom is -0.393 e. The summed E-state index contributed by atoms with van der Waals surface area (Å²) in [5.41, 5.74) is 0. The molecule has 0 radical (unpaired) electrons.